The van der Waals surface area contributed by atoms with Crippen molar-refractivity contribution in [2.24, 2.45) is 0 Å². The van der Waals surface area contributed by atoms with Crippen molar-refractivity contribution >= 4 is 29.3 Å². The van der Waals surface area contributed by atoms with Gasteiger partial charge >= 0.3 is 0 Å². The van der Waals surface area contributed by atoms with Gasteiger partial charge in [-0.1, -0.05) is 12.1 Å². The van der Waals surface area contributed by atoms with Gasteiger partial charge in [0.2, 0.25) is 11.8 Å². The SMILES string of the molecule is CSc1ccccc1N1CCC(=O)N2CCCCC2C1=O. The van der Waals surface area contributed by atoms with Gasteiger partial charge in [-0.2, -0.15) is 0 Å². The number of nitrogens with zero attached hydrogens (tertiary/aromatic N) is 2. The number of anilines is 1. The molecule has 0 aliphatic carbocycles. The summed E-state index contributed by atoms with van der Waals surface area (Å²) in [4.78, 5) is 29.9. The van der Waals surface area contributed by atoms with E-state index < -0.39 is 0 Å². The lowest BCUT2D eigenvalue weighted by Gasteiger charge is -2.34. The molecule has 0 radical (unpaired) electrons. The molecule has 1 unspecified atom stereocenters. The number of benzene rings is 1. The van der Waals surface area contributed by atoms with Crippen molar-refractivity contribution in [3.05, 3.63) is 24.3 Å². The van der Waals surface area contributed by atoms with Crippen LogP contribution < -0.4 is 4.90 Å². The molecule has 0 N–H and O–H groups in total. The fourth-order valence-corrected chi connectivity index (χ4v) is 3.82. The minimum Gasteiger partial charge on any atom is -0.331 e. The van der Waals surface area contributed by atoms with E-state index >= 15 is 0 Å². The number of thioether (sulfide) groups is 1. The van der Waals surface area contributed by atoms with E-state index in [1.165, 1.54) is 0 Å². The third-order valence-corrected chi connectivity index (χ3v) is 5.08. The monoisotopic (exact) mass is 304 g/mol. The fourth-order valence-electron chi connectivity index (χ4n) is 3.22. The number of carbonyl (C=O) groups excluding carboxylic acids is 2. The van der Waals surface area contributed by atoms with E-state index in [0.717, 1.165) is 36.4 Å². The number of hydrogen-bond donors (Lipinski definition) is 0. The zero-order valence-corrected chi connectivity index (χ0v) is 13.1. The van der Waals surface area contributed by atoms with Crippen molar-refractivity contribution in [2.45, 2.75) is 36.6 Å². The molecule has 3 rings (SSSR count). The lowest BCUT2D eigenvalue weighted by atomic mass is 10.0. The number of rotatable bonds is 2. The van der Waals surface area contributed by atoms with Crippen LogP contribution in [0.25, 0.3) is 0 Å². The van der Waals surface area contributed by atoms with Crippen molar-refractivity contribution in [1.82, 2.24) is 4.90 Å². The van der Waals surface area contributed by atoms with Crippen molar-refractivity contribution in [1.29, 1.82) is 0 Å². The lowest BCUT2D eigenvalue weighted by molar-refractivity contribution is -0.139. The Labute approximate surface area is 129 Å². The molecular weight excluding hydrogens is 284 g/mol. The zero-order valence-electron chi connectivity index (χ0n) is 12.2. The van der Waals surface area contributed by atoms with Gasteiger partial charge in [0, 0.05) is 24.4 Å². The number of carbonyl (C=O) groups is 2. The van der Waals surface area contributed by atoms with Crippen LogP contribution in [0.3, 0.4) is 0 Å². The summed E-state index contributed by atoms with van der Waals surface area (Å²) in [6, 6.07) is 7.68. The third-order valence-electron chi connectivity index (χ3n) is 4.30. The Kier molecular flexibility index (Phi) is 4.19. The molecule has 2 heterocycles. The van der Waals surface area contributed by atoms with E-state index in [-0.39, 0.29) is 17.9 Å². The first-order valence-electron chi connectivity index (χ1n) is 7.46. The number of hydrogen-bond acceptors (Lipinski definition) is 3. The van der Waals surface area contributed by atoms with E-state index in [4.69, 9.17) is 0 Å². The van der Waals surface area contributed by atoms with E-state index in [2.05, 4.69) is 0 Å². The second-order valence-corrected chi connectivity index (χ2v) is 6.36. The maximum absolute atomic E-state index is 12.9. The normalized spacial score (nSPS) is 23.0. The van der Waals surface area contributed by atoms with Crippen molar-refractivity contribution in [3.63, 3.8) is 0 Å². The highest BCUT2D eigenvalue weighted by Gasteiger charge is 2.38. The maximum atomic E-state index is 12.9. The van der Waals surface area contributed by atoms with E-state index in [1.807, 2.05) is 35.4 Å². The molecule has 112 valence electrons. The fraction of sp³-hybridized carbons (Fsp3) is 0.500. The van der Waals surface area contributed by atoms with Crippen molar-refractivity contribution in [3.8, 4) is 0 Å². The Morgan fingerprint density at radius 3 is 2.76 bits per heavy atom. The van der Waals surface area contributed by atoms with E-state index in [9.17, 15) is 9.59 Å². The van der Waals surface area contributed by atoms with Crippen LogP contribution in [0, 0.1) is 0 Å². The second-order valence-electron chi connectivity index (χ2n) is 5.51. The molecule has 2 saturated heterocycles. The van der Waals surface area contributed by atoms with Gasteiger partial charge in [0.15, 0.2) is 0 Å². The number of piperidine rings is 1. The van der Waals surface area contributed by atoms with Gasteiger partial charge in [-0.25, -0.2) is 0 Å². The Hall–Kier alpha value is -1.49. The Balaban J connectivity index is 1.95. The topological polar surface area (TPSA) is 40.6 Å². The summed E-state index contributed by atoms with van der Waals surface area (Å²) in [6.45, 7) is 1.22. The molecule has 2 amide bonds. The van der Waals surface area contributed by atoms with Gasteiger partial charge in [-0.3, -0.25) is 9.59 Å². The largest absolute Gasteiger partial charge is 0.331 e. The minimum atomic E-state index is -0.260. The van der Waals surface area contributed by atoms with Gasteiger partial charge in [-0.15, -0.1) is 11.8 Å². The van der Waals surface area contributed by atoms with Crippen LogP contribution in [0.2, 0.25) is 0 Å². The second kappa shape index (κ2) is 6.10. The van der Waals surface area contributed by atoms with Crippen LogP contribution in [0.15, 0.2) is 29.2 Å². The summed E-state index contributed by atoms with van der Waals surface area (Å²) >= 11 is 1.64. The molecule has 1 aromatic rings. The number of fused-ring (bicyclic) bond motifs is 1. The summed E-state index contributed by atoms with van der Waals surface area (Å²) in [6.07, 6.45) is 5.27. The van der Waals surface area contributed by atoms with Crippen molar-refractivity contribution in [2.75, 3.05) is 24.2 Å². The Morgan fingerprint density at radius 2 is 1.95 bits per heavy atom. The molecule has 0 bridgehead atoms. The number of para-hydroxylation sites is 1. The van der Waals surface area contributed by atoms with Crippen molar-refractivity contribution < 1.29 is 9.59 Å². The molecular formula is C16H20N2O2S. The van der Waals surface area contributed by atoms with Gasteiger partial charge in [0.05, 0.1) is 5.69 Å². The molecule has 0 spiro atoms. The van der Waals surface area contributed by atoms with Crippen LogP contribution in [0.5, 0.6) is 0 Å². The first-order valence-corrected chi connectivity index (χ1v) is 8.68. The van der Waals surface area contributed by atoms with Gasteiger partial charge < -0.3 is 9.80 Å². The van der Waals surface area contributed by atoms with Gasteiger partial charge in [0.1, 0.15) is 6.04 Å². The molecule has 2 fully saturated rings. The van der Waals surface area contributed by atoms with Gasteiger partial charge in [0.25, 0.3) is 0 Å². The van der Waals surface area contributed by atoms with E-state index in [0.29, 0.717) is 13.0 Å². The molecule has 1 atom stereocenters. The lowest BCUT2D eigenvalue weighted by Crippen LogP contribution is -2.49. The molecule has 2 aliphatic rings. The van der Waals surface area contributed by atoms with Crippen LogP contribution in [-0.2, 0) is 9.59 Å². The quantitative estimate of drug-likeness (QED) is 0.788. The predicted molar refractivity (Wildman–Crippen MR) is 84.5 cm³/mol. The molecule has 2 aliphatic heterocycles. The third kappa shape index (κ3) is 2.67. The summed E-state index contributed by atoms with van der Waals surface area (Å²) in [5.74, 6) is 0.208. The Morgan fingerprint density at radius 1 is 1.14 bits per heavy atom. The zero-order chi connectivity index (χ0) is 14.8. The molecule has 1 aromatic carbocycles. The first kappa shape index (κ1) is 14.4. The predicted octanol–water partition coefficient (Wildman–Crippen LogP) is 2.53. The summed E-state index contributed by atoms with van der Waals surface area (Å²) < 4.78 is 0. The maximum Gasteiger partial charge on any atom is 0.249 e. The average Bonchev–Trinajstić information content (AvgIpc) is 2.66. The van der Waals surface area contributed by atoms with Gasteiger partial charge in [-0.05, 0) is 37.7 Å². The average molecular weight is 304 g/mol. The molecule has 0 saturated carbocycles. The molecule has 21 heavy (non-hydrogen) atoms. The van der Waals surface area contributed by atoms with Crippen LogP contribution in [0.4, 0.5) is 5.69 Å². The van der Waals surface area contributed by atoms with Crippen LogP contribution in [-0.4, -0.2) is 42.1 Å². The van der Waals surface area contributed by atoms with E-state index in [1.54, 1.807) is 16.7 Å². The summed E-state index contributed by atoms with van der Waals surface area (Å²) in [7, 11) is 0. The highest BCUT2D eigenvalue weighted by molar-refractivity contribution is 7.98. The number of amides is 2. The smallest absolute Gasteiger partial charge is 0.249 e. The summed E-state index contributed by atoms with van der Waals surface area (Å²) in [5.41, 5.74) is 0.940. The molecule has 4 nitrogen and oxygen atoms in total. The van der Waals surface area contributed by atoms with Crippen LogP contribution >= 0.6 is 11.8 Å². The molecule has 5 heteroatoms. The summed E-state index contributed by atoms with van der Waals surface area (Å²) in [5, 5.41) is 0. The first-order chi connectivity index (χ1) is 10.2. The Bertz CT molecular complexity index is 561. The van der Waals surface area contributed by atoms with Crippen LogP contribution in [0.1, 0.15) is 25.7 Å². The standard InChI is InChI=1S/C16H20N2O2S/c1-21-14-8-3-2-6-12(14)18-11-9-15(19)17-10-5-4-7-13(17)16(18)20/h2-3,6,8,13H,4-5,7,9-11H2,1H3. The highest BCUT2D eigenvalue weighted by Crippen LogP contribution is 2.32. The highest BCUT2D eigenvalue weighted by atomic mass is 32.2. The minimum absolute atomic E-state index is 0.0852. The molecule has 0 aromatic heterocycles.